The highest BCUT2D eigenvalue weighted by atomic mass is 16.5. The number of unbranched alkanes of at least 4 members (excludes halogenated alkanes) is 2. The summed E-state index contributed by atoms with van der Waals surface area (Å²) in [6.45, 7) is 3.51. The number of nitrogens with two attached hydrogens (primary N) is 3. The highest BCUT2D eigenvalue weighted by molar-refractivity contribution is 5.99. The van der Waals surface area contributed by atoms with Crippen LogP contribution in [0.25, 0.3) is 0 Å². The Balaban J connectivity index is 1.67. The van der Waals surface area contributed by atoms with Crippen molar-refractivity contribution in [1.82, 2.24) is 68.2 Å². The quantitative estimate of drug-likeness (QED) is 0.00978. The second-order valence-electron chi connectivity index (χ2n) is 23.3. The van der Waals surface area contributed by atoms with Gasteiger partial charge in [0.05, 0.1) is 36.9 Å². The Labute approximate surface area is 524 Å². The number of carbonyl (C=O) groups is 14. The van der Waals surface area contributed by atoms with E-state index in [9.17, 15) is 92.9 Å². The number of carboxylic acids is 1. The van der Waals surface area contributed by atoms with Crippen LogP contribution < -0.4 is 70.4 Å². The third kappa shape index (κ3) is 23.8. The van der Waals surface area contributed by atoms with Crippen molar-refractivity contribution in [3.8, 4) is 0 Å². The first-order valence-electron chi connectivity index (χ1n) is 30.6. The number of hydroxylamine groups is 4. The van der Waals surface area contributed by atoms with Gasteiger partial charge in [0.2, 0.25) is 71.9 Å². The van der Waals surface area contributed by atoms with Gasteiger partial charge >= 0.3 is 11.9 Å². The lowest BCUT2D eigenvalue weighted by atomic mass is 9.72. The number of aliphatic hydroxyl groups is 2. The summed E-state index contributed by atoms with van der Waals surface area (Å²) in [5.74, 6) is -12.5. The number of nitrogens with zero attached hydrogens (tertiary/aromatic N) is 3. The zero-order chi connectivity index (χ0) is 67.6. The fourth-order valence-electron chi connectivity index (χ4n) is 11.4. The van der Waals surface area contributed by atoms with Gasteiger partial charge in [-0.3, -0.25) is 83.0 Å². The normalized spacial score (nSPS) is 27.5. The summed E-state index contributed by atoms with van der Waals surface area (Å²) >= 11 is 0. The molecule has 16 unspecified atom stereocenters. The second-order valence-corrected chi connectivity index (χ2v) is 23.3. The Kier molecular flexibility index (Phi) is 31.3. The van der Waals surface area contributed by atoms with Gasteiger partial charge in [-0.25, -0.2) is 14.9 Å². The van der Waals surface area contributed by atoms with Crippen molar-refractivity contribution in [2.45, 2.75) is 221 Å². The van der Waals surface area contributed by atoms with Crippen molar-refractivity contribution < 1.29 is 97.6 Å². The molecule has 512 valence electrons. The largest absolute Gasteiger partial charge is 0.481 e. The topological polar surface area (TPSA) is 557 Å². The Morgan fingerprint density at radius 1 is 0.670 bits per heavy atom. The third-order valence-electron chi connectivity index (χ3n) is 16.3. The van der Waals surface area contributed by atoms with Crippen LogP contribution in [0.2, 0.25) is 0 Å². The molecule has 0 spiro atoms. The number of piperidine rings is 1. The number of aliphatic carboxylic acids is 1. The molecule has 16 atom stereocenters. The second kappa shape index (κ2) is 37.6. The van der Waals surface area contributed by atoms with Gasteiger partial charge in [0.15, 0.2) is 0 Å². The number of fused-ring (bicyclic) bond motifs is 3. The molecule has 0 bridgehead atoms. The molecule has 21 N–H and O–H groups in total. The van der Waals surface area contributed by atoms with Crippen LogP contribution in [0.15, 0.2) is 0 Å². The summed E-state index contributed by atoms with van der Waals surface area (Å²) in [5.41, 5.74) is 16.8. The van der Waals surface area contributed by atoms with E-state index in [1.807, 2.05) is 0 Å². The molecule has 4 aliphatic rings. The van der Waals surface area contributed by atoms with E-state index in [1.165, 1.54) is 20.8 Å². The lowest BCUT2D eigenvalue weighted by Crippen LogP contribution is -2.75. The molecule has 0 aromatic heterocycles. The number of rotatable bonds is 32. The highest BCUT2D eigenvalue weighted by Crippen LogP contribution is 2.40. The first-order chi connectivity index (χ1) is 43.1. The number of amides is 12. The smallest absolute Gasteiger partial charge is 0.328 e. The van der Waals surface area contributed by atoms with E-state index in [1.54, 1.807) is 4.90 Å². The molecule has 3 aliphatic heterocycles. The number of esters is 1. The molecule has 36 heteroatoms. The number of primary amides is 1. The Morgan fingerprint density at radius 3 is 1.86 bits per heavy atom. The van der Waals surface area contributed by atoms with Crippen LogP contribution in [0, 0.1) is 5.92 Å². The van der Waals surface area contributed by atoms with Crippen molar-refractivity contribution in [2.75, 3.05) is 32.7 Å². The first kappa shape index (κ1) is 75.7. The minimum Gasteiger partial charge on any atom is -0.481 e. The number of carboxylic acid groups (broad SMARTS) is 1. The first-order valence-corrected chi connectivity index (χ1v) is 30.6. The predicted octanol–water partition coefficient (Wildman–Crippen LogP) is -7.52. The number of nitrogens with one attached hydrogen (secondary N) is 10. The molecule has 0 radical (unpaired) electrons. The SMILES string of the molecule is CC1NC(=O)C(C)NC(=O)C(NC(=O)C(CCCCN)NC(=O)C(CCCN(O)C=O)NC(=O)C(CC(=O)O)NC(=O)C2CCNC3C(NC(=O)CCC(N)=O)CC4CC(O)C(O)CC4N23)C(C)OC(=O)C(CCCCN)NC(=O)C(CCCN(O)C=O)NC1=O. The van der Waals surface area contributed by atoms with Gasteiger partial charge < -0.3 is 85.1 Å². The predicted molar refractivity (Wildman–Crippen MR) is 314 cm³/mol. The van der Waals surface area contributed by atoms with Crippen LogP contribution in [-0.2, 0) is 71.9 Å². The van der Waals surface area contributed by atoms with Gasteiger partial charge in [-0.1, -0.05) is 0 Å². The maximum atomic E-state index is 14.6. The van der Waals surface area contributed by atoms with Crippen molar-refractivity contribution in [3.05, 3.63) is 0 Å². The van der Waals surface area contributed by atoms with Gasteiger partial charge in [-0.15, -0.1) is 0 Å². The lowest BCUT2D eigenvalue weighted by molar-refractivity contribution is -0.156. The summed E-state index contributed by atoms with van der Waals surface area (Å²) in [7, 11) is 0. The number of hydrogen-bond donors (Lipinski definition) is 18. The third-order valence-corrected chi connectivity index (χ3v) is 16.3. The number of carbonyl (C=O) groups excluding carboxylic acids is 13. The molecule has 3 saturated heterocycles. The Morgan fingerprint density at radius 2 is 1.23 bits per heavy atom. The van der Waals surface area contributed by atoms with Crippen LogP contribution in [0.1, 0.15) is 130 Å². The van der Waals surface area contributed by atoms with Gasteiger partial charge in [-0.05, 0) is 136 Å². The molecular formula is C55H92N16O20. The van der Waals surface area contributed by atoms with Crippen LogP contribution >= 0.6 is 0 Å². The molecular weight excluding hydrogens is 1200 g/mol. The van der Waals surface area contributed by atoms with Gasteiger partial charge in [0.25, 0.3) is 0 Å². The summed E-state index contributed by atoms with van der Waals surface area (Å²) < 4.78 is 5.76. The summed E-state index contributed by atoms with van der Waals surface area (Å²) in [4.78, 5) is 189. The number of hydrogen-bond acceptors (Lipinski definition) is 23. The van der Waals surface area contributed by atoms with E-state index >= 15 is 0 Å². The van der Waals surface area contributed by atoms with E-state index < -0.39 is 187 Å². The molecule has 36 nitrogen and oxygen atoms in total. The zero-order valence-corrected chi connectivity index (χ0v) is 51.4. The molecule has 91 heavy (non-hydrogen) atoms. The highest BCUT2D eigenvalue weighted by Gasteiger charge is 2.53. The van der Waals surface area contributed by atoms with Crippen LogP contribution in [0.5, 0.6) is 0 Å². The standard InChI is InChI=1S/C55H92N16O20/c1-28-47(80)60-29(2)48(81)63-33(12-8-20-69(89)26-72)50(83)66-35(11-5-7-18-57)55(88)91-30(3)45(54(87)61-28)68-51(84)32(10-4-6-17-56)64-49(82)34(13-9-21-70(90)27-73)65-52(85)37(24-44(78)79)67-53(86)38-16-19-59-46-36(62-43(77)15-14-42(58)76)22-31-23-40(74)41(75)25-39(31)71(38)46/h26-41,45-46,59,74-75,89-90H,4-25,56-57H2,1-3H3,(H2,58,76)(H,60,80)(H,61,87)(H,62,77)(H,63,81)(H,64,82)(H,65,85)(H,66,83)(H,67,86)(H,68,84)(H,78,79). The Hall–Kier alpha value is -7.74. The van der Waals surface area contributed by atoms with Gasteiger partial charge in [-0.2, -0.15) is 0 Å². The van der Waals surface area contributed by atoms with Crippen LogP contribution in [0.4, 0.5) is 0 Å². The number of cyclic esters (lactones) is 1. The summed E-state index contributed by atoms with van der Waals surface area (Å²) in [6, 6.07) is -15.3. The number of ether oxygens (including phenoxy) is 1. The van der Waals surface area contributed by atoms with Crippen molar-refractivity contribution in [2.24, 2.45) is 23.1 Å². The fourth-order valence-corrected chi connectivity index (χ4v) is 11.4. The van der Waals surface area contributed by atoms with E-state index in [0.29, 0.717) is 11.5 Å². The molecule has 1 saturated carbocycles. The molecule has 1 aliphatic carbocycles. The van der Waals surface area contributed by atoms with Gasteiger partial charge in [0.1, 0.15) is 54.4 Å². The van der Waals surface area contributed by atoms with Gasteiger partial charge in [0, 0.05) is 32.0 Å². The van der Waals surface area contributed by atoms with Crippen molar-refractivity contribution in [3.63, 3.8) is 0 Å². The van der Waals surface area contributed by atoms with E-state index in [2.05, 4.69) is 53.2 Å². The fraction of sp³-hybridized carbons (Fsp3) is 0.745. The summed E-state index contributed by atoms with van der Waals surface area (Å²) in [5, 5.41) is 77.8. The molecule has 0 aromatic carbocycles. The van der Waals surface area contributed by atoms with E-state index in [4.69, 9.17) is 21.9 Å². The maximum Gasteiger partial charge on any atom is 0.328 e. The molecule has 3 heterocycles. The lowest BCUT2D eigenvalue weighted by Gasteiger charge is -2.57. The Bertz CT molecular complexity index is 2560. The molecule has 4 rings (SSSR count). The zero-order valence-electron chi connectivity index (χ0n) is 51.4. The average Bonchev–Trinajstić information content (AvgIpc) is 0.774. The van der Waals surface area contributed by atoms with Crippen LogP contribution in [0.3, 0.4) is 0 Å². The number of aliphatic hydroxyl groups excluding tert-OH is 2. The van der Waals surface area contributed by atoms with Crippen molar-refractivity contribution in [1.29, 1.82) is 0 Å². The minimum absolute atomic E-state index is 0.00950. The molecule has 4 fully saturated rings. The van der Waals surface area contributed by atoms with E-state index in [-0.39, 0.29) is 134 Å². The molecule has 12 amide bonds. The van der Waals surface area contributed by atoms with E-state index in [0.717, 1.165) is 0 Å². The monoisotopic (exact) mass is 1300 g/mol. The van der Waals surface area contributed by atoms with Crippen molar-refractivity contribution >= 4 is 83.8 Å². The minimum atomic E-state index is -1.91. The molecule has 0 aromatic rings. The maximum absolute atomic E-state index is 14.6. The van der Waals surface area contributed by atoms with Crippen LogP contribution in [-0.4, -0.2) is 248 Å². The summed E-state index contributed by atoms with van der Waals surface area (Å²) in [6.07, 6.45) is -5.80. The average molecular weight is 1300 g/mol.